The van der Waals surface area contributed by atoms with E-state index < -0.39 is 17.7 Å². The number of H-pyrrole nitrogens is 2. The molecule has 3 aromatic heterocycles. The first-order valence-corrected chi connectivity index (χ1v) is 14.5. The number of rotatable bonds is 9. The van der Waals surface area contributed by atoms with E-state index in [1.54, 1.807) is 24.3 Å². The van der Waals surface area contributed by atoms with Crippen LogP contribution in [-0.2, 0) is 4.79 Å². The second kappa shape index (κ2) is 13.0. The summed E-state index contributed by atoms with van der Waals surface area (Å²) in [6.07, 6.45) is 0.181. The van der Waals surface area contributed by atoms with Crippen molar-refractivity contribution in [2.75, 3.05) is 16.0 Å². The van der Waals surface area contributed by atoms with Crippen molar-refractivity contribution in [2.45, 2.75) is 6.42 Å². The lowest BCUT2D eigenvalue weighted by Crippen LogP contribution is -2.25. The van der Waals surface area contributed by atoms with Crippen LogP contribution in [0.25, 0.3) is 22.8 Å². The van der Waals surface area contributed by atoms with Gasteiger partial charge in [0.15, 0.2) is 11.6 Å². The maximum atomic E-state index is 13.2. The summed E-state index contributed by atoms with van der Waals surface area (Å²) < 4.78 is 0. The van der Waals surface area contributed by atoms with E-state index in [-0.39, 0.29) is 41.4 Å². The number of carbonyl (C=O) groups is 3. The summed E-state index contributed by atoms with van der Waals surface area (Å²) in [5.74, 6) is -1.87. The Bertz CT molecular complexity index is 2080. The maximum absolute atomic E-state index is 13.2. The highest BCUT2D eigenvalue weighted by Gasteiger charge is 2.23. The molecule has 0 saturated carbocycles. The zero-order chi connectivity index (χ0) is 32.9. The molecule has 0 radical (unpaired) electrons. The summed E-state index contributed by atoms with van der Waals surface area (Å²) in [4.78, 5) is 56.5. The summed E-state index contributed by atoms with van der Waals surface area (Å²) in [5.41, 5.74) is 3.01. The smallest absolute Gasteiger partial charge is 0.294 e. The van der Waals surface area contributed by atoms with Gasteiger partial charge in [-0.05, 0) is 5.56 Å². The summed E-state index contributed by atoms with van der Waals surface area (Å²) in [6, 6.07) is 28.9. The summed E-state index contributed by atoms with van der Waals surface area (Å²) in [7, 11) is 0. The fraction of sp³-hybridized carbons (Fsp3) is 0.0312. The highest BCUT2D eigenvalue weighted by atomic mass is 16.2. The Morgan fingerprint density at radius 2 is 1.02 bits per heavy atom. The van der Waals surface area contributed by atoms with Crippen LogP contribution in [0.1, 0.15) is 33.2 Å². The molecule has 0 unspecified atom stereocenters. The van der Waals surface area contributed by atoms with Crippen molar-refractivity contribution in [3.8, 4) is 22.8 Å². The summed E-state index contributed by atoms with van der Waals surface area (Å²) >= 11 is 0. The number of nitrogens with zero attached hydrogens (tertiary/aromatic N) is 8. The number of benzene rings is 3. The van der Waals surface area contributed by atoms with Gasteiger partial charge < -0.3 is 10.6 Å². The topological polar surface area (TPSA) is 221 Å². The number of nitrogens with one attached hydrogen (secondary N) is 5. The first-order valence-electron chi connectivity index (χ1n) is 14.5. The van der Waals surface area contributed by atoms with Crippen molar-refractivity contribution in [1.82, 2.24) is 40.3 Å². The highest BCUT2D eigenvalue weighted by Crippen LogP contribution is 2.19. The van der Waals surface area contributed by atoms with Crippen molar-refractivity contribution in [3.05, 3.63) is 114 Å². The third-order valence-corrected chi connectivity index (χ3v) is 6.90. The summed E-state index contributed by atoms with van der Waals surface area (Å²) in [6.45, 7) is 0. The van der Waals surface area contributed by atoms with Crippen LogP contribution in [0, 0.1) is 0 Å². The van der Waals surface area contributed by atoms with Crippen LogP contribution in [-0.4, -0.2) is 69.5 Å². The fourth-order valence-corrected chi connectivity index (χ4v) is 4.58. The van der Waals surface area contributed by atoms with Crippen LogP contribution in [0.5, 0.6) is 0 Å². The Labute approximate surface area is 270 Å². The number of amides is 3. The van der Waals surface area contributed by atoms with Crippen molar-refractivity contribution in [3.63, 3.8) is 0 Å². The van der Waals surface area contributed by atoms with Gasteiger partial charge in [0.05, 0.1) is 5.71 Å². The lowest BCUT2D eigenvalue weighted by molar-refractivity contribution is -0.110. The molecule has 0 spiro atoms. The second-order valence-electron chi connectivity index (χ2n) is 10.2. The van der Waals surface area contributed by atoms with E-state index in [1.165, 1.54) is 6.07 Å². The molecule has 0 saturated heterocycles. The Kier molecular flexibility index (Phi) is 7.99. The Hall–Kier alpha value is -7.23. The molecule has 48 heavy (non-hydrogen) atoms. The molecule has 3 amide bonds. The molecule has 3 aromatic carbocycles. The zero-order valence-corrected chi connectivity index (χ0v) is 24.7. The quantitative estimate of drug-likeness (QED) is 0.156. The average Bonchev–Trinajstić information content (AvgIpc) is 3.91. The lowest BCUT2D eigenvalue weighted by atomic mass is 10.1. The van der Waals surface area contributed by atoms with Crippen molar-refractivity contribution >= 4 is 46.7 Å². The minimum atomic E-state index is -0.679. The van der Waals surface area contributed by atoms with Crippen LogP contribution >= 0.6 is 0 Å². The second-order valence-corrected chi connectivity index (χ2v) is 10.2. The normalized spacial score (nSPS) is 12.2. The predicted octanol–water partition coefficient (Wildman–Crippen LogP) is 3.74. The van der Waals surface area contributed by atoms with Gasteiger partial charge in [-0.3, -0.25) is 29.9 Å². The zero-order valence-electron chi connectivity index (χ0n) is 24.7. The number of anilines is 3. The minimum Gasteiger partial charge on any atom is -0.304 e. The SMILES string of the molecule is O=C(Nc1nc(NC(=O)c2nc(-c3ccccc3)n[nH]2)cc(NC(=O)c2nc(-c3ccccc3)n[nH]2)n1)C1=NN=C(c2ccccc2)C1. The van der Waals surface area contributed by atoms with Gasteiger partial charge in [-0.25, -0.2) is 9.97 Å². The van der Waals surface area contributed by atoms with Gasteiger partial charge in [0.25, 0.3) is 17.7 Å². The molecule has 16 heteroatoms. The van der Waals surface area contributed by atoms with E-state index in [0.29, 0.717) is 28.5 Å². The van der Waals surface area contributed by atoms with E-state index in [1.807, 2.05) is 66.7 Å². The Morgan fingerprint density at radius 3 is 1.52 bits per heavy atom. The van der Waals surface area contributed by atoms with E-state index >= 15 is 0 Å². The molecular weight excluding hydrogens is 614 g/mol. The molecule has 7 rings (SSSR count). The van der Waals surface area contributed by atoms with Crippen LogP contribution in [0.3, 0.4) is 0 Å². The highest BCUT2D eigenvalue weighted by molar-refractivity contribution is 6.47. The molecule has 0 aliphatic carbocycles. The van der Waals surface area contributed by atoms with E-state index in [4.69, 9.17) is 0 Å². The molecule has 1 aliphatic heterocycles. The van der Waals surface area contributed by atoms with Gasteiger partial charge in [-0.2, -0.15) is 25.3 Å². The van der Waals surface area contributed by atoms with Gasteiger partial charge in [-0.15, -0.1) is 5.10 Å². The van der Waals surface area contributed by atoms with E-state index in [2.05, 4.69) is 66.5 Å². The molecule has 4 heterocycles. The predicted molar refractivity (Wildman–Crippen MR) is 175 cm³/mol. The van der Waals surface area contributed by atoms with Crippen LogP contribution in [0.4, 0.5) is 17.6 Å². The van der Waals surface area contributed by atoms with Crippen LogP contribution in [0.2, 0.25) is 0 Å². The average molecular weight is 638 g/mol. The molecule has 16 nitrogen and oxygen atoms in total. The maximum Gasteiger partial charge on any atom is 0.294 e. The van der Waals surface area contributed by atoms with Gasteiger partial charge >= 0.3 is 0 Å². The number of aromatic amines is 2. The first kappa shape index (κ1) is 29.5. The monoisotopic (exact) mass is 637 g/mol. The van der Waals surface area contributed by atoms with Crippen molar-refractivity contribution < 1.29 is 14.4 Å². The van der Waals surface area contributed by atoms with Gasteiger partial charge in [-0.1, -0.05) is 91.0 Å². The third-order valence-electron chi connectivity index (χ3n) is 6.90. The molecular formula is C32H23N13O3. The first-order chi connectivity index (χ1) is 23.5. The molecule has 0 atom stereocenters. The molecule has 234 valence electrons. The molecule has 1 aliphatic rings. The number of hydrogen-bond donors (Lipinski definition) is 5. The van der Waals surface area contributed by atoms with Gasteiger partial charge in [0.1, 0.15) is 17.3 Å². The Balaban J connectivity index is 1.11. The Morgan fingerprint density at radius 1 is 0.542 bits per heavy atom. The van der Waals surface area contributed by atoms with Crippen LogP contribution in [0.15, 0.2) is 107 Å². The van der Waals surface area contributed by atoms with Crippen molar-refractivity contribution in [1.29, 1.82) is 0 Å². The van der Waals surface area contributed by atoms with E-state index in [0.717, 1.165) is 5.56 Å². The minimum absolute atomic E-state index is 0.0598. The molecule has 5 N–H and O–H groups in total. The standard InChI is InChI=1S/C32H23N13O3/c46-29(22-16-21(40-41-22)18-10-4-1-5-11-18)39-32-35-23(33-30(47)27-37-25(42-44-27)19-12-6-2-7-13-19)17-24(36-32)34-31(48)28-38-26(43-45-28)20-14-8-3-9-15-20/h1-15,17H,16H2,(H,37,42,44)(H,38,43,45)(H3,33,34,35,36,39,46,47,48). The summed E-state index contributed by atoms with van der Waals surface area (Å²) in [5, 5.41) is 29.4. The number of aromatic nitrogens is 8. The third kappa shape index (κ3) is 6.57. The van der Waals surface area contributed by atoms with Gasteiger partial charge in [0, 0.05) is 23.6 Å². The molecule has 0 bridgehead atoms. The van der Waals surface area contributed by atoms with Crippen LogP contribution < -0.4 is 16.0 Å². The van der Waals surface area contributed by atoms with E-state index in [9.17, 15) is 14.4 Å². The van der Waals surface area contributed by atoms with Gasteiger partial charge in [0.2, 0.25) is 17.6 Å². The molecule has 0 fully saturated rings. The fourth-order valence-electron chi connectivity index (χ4n) is 4.58. The number of hydrogen-bond acceptors (Lipinski definition) is 11. The molecule has 6 aromatic rings. The number of carbonyl (C=O) groups excluding carboxylic acids is 3. The largest absolute Gasteiger partial charge is 0.304 e. The lowest BCUT2D eigenvalue weighted by Gasteiger charge is -2.10. The van der Waals surface area contributed by atoms with Crippen molar-refractivity contribution in [2.24, 2.45) is 10.2 Å².